The first-order valence-electron chi connectivity index (χ1n) is 6.06. The molecule has 0 saturated heterocycles. The maximum Gasteiger partial charge on any atom is 0.170 e. The first kappa shape index (κ1) is 13.9. The van der Waals surface area contributed by atoms with Crippen LogP contribution in [0.25, 0.3) is 0 Å². The van der Waals surface area contributed by atoms with Crippen LogP contribution < -0.4 is 10.5 Å². The number of amidine groups is 1. The number of nitrogens with two attached hydrogens (primary N) is 1. The monoisotopic (exact) mass is 274 g/mol. The third kappa shape index (κ3) is 3.06. The first-order valence-corrected chi connectivity index (χ1v) is 6.06. The van der Waals surface area contributed by atoms with E-state index in [1.165, 1.54) is 0 Å². The third-order valence-corrected chi connectivity index (χ3v) is 2.88. The Morgan fingerprint density at radius 1 is 1.30 bits per heavy atom. The fraction of sp³-hybridized carbons (Fsp3) is 0.133. The van der Waals surface area contributed by atoms with Gasteiger partial charge in [-0.3, -0.25) is 0 Å². The fourth-order valence-electron chi connectivity index (χ4n) is 1.77. The lowest BCUT2D eigenvalue weighted by molar-refractivity contribution is 0.289. The van der Waals surface area contributed by atoms with Crippen molar-refractivity contribution in [3.05, 3.63) is 65.0 Å². The molecule has 0 atom stereocenters. The van der Waals surface area contributed by atoms with Crippen LogP contribution in [0.2, 0.25) is 0 Å². The second kappa shape index (κ2) is 6.06. The molecule has 3 N–H and O–H groups in total. The van der Waals surface area contributed by atoms with Gasteiger partial charge in [0.2, 0.25) is 0 Å². The topological polar surface area (TPSA) is 67.8 Å². The van der Waals surface area contributed by atoms with Crippen LogP contribution >= 0.6 is 0 Å². The van der Waals surface area contributed by atoms with Gasteiger partial charge in [-0.25, -0.2) is 4.39 Å². The molecule has 4 nitrogen and oxygen atoms in total. The normalized spacial score (nSPS) is 11.4. The van der Waals surface area contributed by atoms with E-state index in [1.54, 1.807) is 43.3 Å². The molecule has 0 aliphatic rings. The van der Waals surface area contributed by atoms with Gasteiger partial charge in [0, 0.05) is 5.56 Å². The zero-order chi connectivity index (χ0) is 14.5. The van der Waals surface area contributed by atoms with Crippen molar-refractivity contribution in [1.82, 2.24) is 0 Å². The molecule has 0 aliphatic carbocycles. The van der Waals surface area contributed by atoms with Gasteiger partial charge in [0.25, 0.3) is 0 Å². The quantitative estimate of drug-likeness (QED) is 0.390. The van der Waals surface area contributed by atoms with Gasteiger partial charge in [-0.1, -0.05) is 35.5 Å². The molecular weight excluding hydrogens is 259 g/mol. The van der Waals surface area contributed by atoms with E-state index in [9.17, 15) is 4.39 Å². The van der Waals surface area contributed by atoms with Crippen LogP contribution in [-0.4, -0.2) is 11.0 Å². The third-order valence-electron chi connectivity index (χ3n) is 2.88. The SMILES string of the molecule is Cc1cccc(OCc2cccc(/C(N)=N/O)c2)c1F. The molecule has 0 fully saturated rings. The standard InChI is InChI=1S/C15H15FN2O2/c1-10-4-2-7-13(14(10)16)20-9-11-5-3-6-12(8-11)15(17)18-19/h2-8,19H,9H2,1H3,(H2,17,18). The molecule has 0 aliphatic heterocycles. The van der Waals surface area contributed by atoms with Gasteiger partial charge in [-0.05, 0) is 30.2 Å². The largest absolute Gasteiger partial charge is 0.486 e. The molecule has 0 unspecified atom stereocenters. The fourth-order valence-corrected chi connectivity index (χ4v) is 1.77. The Morgan fingerprint density at radius 2 is 2.05 bits per heavy atom. The van der Waals surface area contributed by atoms with Crippen LogP contribution in [0.5, 0.6) is 5.75 Å². The number of aryl methyl sites for hydroxylation is 1. The molecule has 0 aromatic heterocycles. The van der Waals surface area contributed by atoms with Crippen molar-refractivity contribution in [2.75, 3.05) is 0 Å². The second-order valence-corrected chi connectivity index (χ2v) is 4.36. The number of ether oxygens (including phenoxy) is 1. The lowest BCUT2D eigenvalue weighted by Crippen LogP contribution is -2.13. The number of oxime groups is 1. The zero-order valence-corrected chi connectivity index (χ0v) is 11.0. The van der Waals surface area contributed by atoms with Crippen molar-refractivity contribution in [3.8, 4) is 5.75 Å². The lowest BCUT2D eigenvalue weighted by Gasteiger charge is -2.09. The van der Waals surface area contributed by atoms with Gasteiger partial charge in [-0.2, -0.15) is 0 Å². The van der Waals surface area contributed by atoms with Crippen molar-refractivity contribution in [3.63, 3.8) is 0 Å². The molecule has 0 amide bonds. The van der Waals surface area contributed by atoms with Crippen molar-refractivity contribution in [2.45, 2.75) is 13.5 Å². The number of nitrogens with zero attached hydrogens (tertiary/aromatic N) is 1. The Hall–Kier alpha value is -2.56. The van der Waals surface area contributed by atoms with Crippen LogP contribution in [0, 0.1) is 12.7 Å². The minimum atomic E-state index is -0.361. The Balaban J connectivity index is 2.13. The molecule has 2 aromatic carbocycles. The molecule has 0 heterocycles. The summed E-state index contributed by atoms with van der Waals surface area (Å²) in [4.78, 5) is 0. The van der Waals surface area contributed by atoms with Crippen molar-refractivity contribution in [2.24, 2.45) is 10.9 Å². The van der Waals surface area contributed by atoms with E-state index in [1.807, 2.05) is 6.07 Å². The summed E-state index contributed by atoms with van der Waals surface area (Å²) in [6.07, 6.45) is 0. The highest BCUT2D eigenvalue weighted by Gasteiger charge is 2.06. The minimum Gasteiger partial charge on any atom is -0.486 e. The average molecular weight is 274 g/mol. The zero-order valence-electron chi connectivity index (χ0n) is 11.0. The Labute approximate surface area is 116 Å². The van der Waals surface area contributed by atoms with E-state index in [2.05, 4.69) is 5.16 Å². The summed E-state index contributed by atoms with van der Waals surface area (Å²) in [6.45, 7) is 1.88. The second-order valence-electron chi connectivity index (χ2n) is 4.36. The highest BCUT2D eigenvalue weighted by molar-refractivity contribution is 5.97. The number of halogens is 1. The van der Waals surface area contributed by atoms with Crippen LogP contribution in [-0.2, 0) is 6.61 Å². The molecule has 0 radical (unpaired) electrons. The van der Waals surface area contributed by atoms with Gasteiger partial charge in [0.1, 0.15) is 6.61 Å². The van der Waals surface area contributed by atoms with Gasteiger partial charge >= 0.3 is 0 Å². The van der Waals surface area contributed by atoms with Crippen molar-refractivity contribution in [1.29, 1.82) is 0 Å². The van der Waals surface area contributed by atoms with Crippen LogP contribution in [0.3, 0.4) is 0 Å². The van der Waals surface area contributed by atoms with Gasteiger partial charge in [0.15, 0.2) is 17.4 Å². The molecule has 104 valence electrons. The summed E-state index contributed by atoms with van der Waals surface area (Å²) in [7, 11) is 0. The van der Waals surface area contributed by atoms with Crippen LogP contribution in [0.4, 0.5) is 4.39 Å². The molecule has 0 saturated carbocycles. The van der Waals surface area contributed by atoms with E-state index in [0.717, 1.165) is 5.56 Å². The highest BCUT2D eigenvalue weighted by atomic mass is 19.1. The average Bonchev–Trinajstić information content (AvgIpc) is 2.48. The maximum absolute atomic E-state index is 13.8. The summed E-state index contributed by atoms with van der Waals surface area (Å²) >= 11 is 0. The summed E-state index contributed by atoms with van der Waals surface area (Å²) in [6, 6.07) is 12.0. The molecule has 5 heteroatoms. The predicted octanol–water partition coefficient (Wildman–Crippen LogP) is 2.81. The summed E-state index contributed by atoms with van der Waals surface area (Å²) in [5, 5.41) is 11.6. The summed E-state index contributed by atoms with van der Waals surface area (Å²) in [5.74, 6) is -0.132. The first-order chi connectivity index (χ1) is 9.61. The molecule has 0 bridgehead atoms. The number of hydrogen-bond donors (Lipinski definition) is 2. The van der Waals surface area contributed by atoms with Crippen LogP contribution in [0.15, 0.2) is 47.6 Å². The predicted molar refractivity (Wildman–Crippen MR) is 74.4 cm³/mol. The Kier molecular flexibility index (Phi) is 4.20. The lowest BCUT2D eigenvalue weighted by atomic mass is 10.1. The van der Waals surface area contributed by atoms with E-state index < -0.39 is 0 Å². The van der Waals surface area contributed by atoms with Crippen LogP contribution in [0.1, 0.15) is 16.7 Å². The molecular formula is C15H15FN2O2. The van der Waals surface area contributed by atoms with E-state index in [-0.39, 0.29) is 24.0 Å². The van der Waals surface area contributed by atoms with E-state index >= 15 is 0 Å². The van der Waals surface area contributed by atoms with Gasteiger partial charge < -0.3 is 15.7 Å². The maximum atomic E-state index is 13.8. The summed E-state index contributed by atoms with van der Waals surface area (Å²) < 4.78 is 19.2. The number of hydrogen-bond acceptors (Lipinski definition) is 3. The van der Waals surface area contributed by atoms with Gasteiger partial charge in [0.05, 0.1) is 0 Å². The van der Waals surface area contributed by atoms with Crippen molar-refractivity contribution < 1.29 is 14.3 Å². The molecule has 20 heavy (non-hydrogen) atoms. The highest BCUT2D eigenvalue weighted by Crippen LogP contribution is 2.21. The van der Waals surface area contributed by atoms with E-state index in [0.29, 0.717) is 11.1 Å². The molecule has 0 spiro atoms. The number of rotatable bonds is 4. The molecule has 2 aromatic rings. The minimum absolute atomic E-state index is 0.0218. The van der Waals surface area contributed by atoms with Crippen molar-refractivity contribution >= 4 is 5.84 Å². The molecule has 2 rings (SSSR count). The van der Waals surface area contributed by atoms with Gasteiger partial charge in [-0.15, -0.1) is 0 Å². The van der Waals surface area contributed by atoms with E-state index in [4.69, 9.17) is 15.7 Å². The number of benzene rings is 2. The Morgan fingerprint density at radius 3 is 2.80 bits per heavy atom. The Bertz CT molecular complexity index is 642. The summed E-state index contributed by atoms with van der Waals surface area (Å²) in [5.41, 5.74) is 7.43. The smallest absolute Gasteiger partial charge is 0.170 e.